The summed E-state index contributed by atoms with van der Waals surface area (Å²) in [5.74, 6) is 1.08. The van der Waals surface area contributed by atoms with Crippen LogP contribution in [0.2, 0.25) is 0 Å². The van der Waals surface area contributed by atoms with Gasteiger partial charge in [0.25, 0.3) is 0 Å². The third-order valence-corrected chi connectivity index (χ3v) is 5.79. The molecule has 1 heterocycles. The zero-order valence-electron chi connectivity index (χ0n) is 15.2. The minimum atomic E-state index is -0.545. The SMILES string of the molecule is COc1ccc([C@](C)(c2ccccc2O)c2c[nH]c3ccc(Br)cc23)cc1. The van der Waals surface area contributed by atoms with Crippen molar-refractivity contribution in [3.05, 3.63) is 94.1 Å². The number of hydrogen-bond acceptors (Lipinski definition) is 2. The average molecular weight is 422 g/mol. The Bertz CT molecular complexity index is 1100. The van der Waals surface area contributed by atoms with Crippen molar-refractivity contribution in [3.8, 4) is 11.5 Å². The fourth-order valence-electron chi connectivity index (χ4n) is 3.78. The standard InChI is InChI=1S/C23H20BrNO2/c1-23(19-5-3-4-6-22(19)26,15-7-10-17(27-2)11-8-15)20-14-25-21-12-9-16(24)13-18(20)21/h3-14,25-26H,1-2H3/t23-/m1/s1. The Morgan fingerprint density at radius 3 is 2.41 bits per heavy atom. The second-order valence-electron chi connectivity index (χ2n) is 6.76. The van der Waals surface area contributed by atoms with Crippen molar-refractivity contribution in [3.63, 3.8) is 0 Å². The maximum atomic E-state index is 10.7. The molecular formula is C23H20BrNO2. The highest BCUT2D eigenvalue weighted by Gasteiger charge is 2.35. The highest BCUT2D eigenvalue weighted by Crippen LogP contribution is 2.45. The molecule has 0 unspecified atom stereocenters. The number of H-pyrrole nitrogens is 1. The molecule has 3 nitrogen and oxygen atoms in total. The highest BCUT2D eigenvalue weighted by atomic mass is 79.9. The number of para-hydroxylation sites is 1. The van der Waals surface area contributed by atoms with Gasteiger partial charge < -0.3 is 14.8 Å². The number of aromatic hydroxyl groups is 1. The number of fused-ring (bicyclic) bond motifs is 1. The van der Waals surface area contributed by atoms with Crippen LogP contribution in [0.15, 0.2) is 77.4 Å². The Labute approximate surface area is 166 Å². The lowest BCUT2D eigenvalue weighted by Crippen LogP contribution is -2.25. The first-order valence-electron chi connectivity index (χ1n) is 8.74. The van der Waals surface area contributed by atoms with Crippen LogP contribution in [-0.2, 0) is 5.41 Å². The Hall–Kier alpha value is -2.72. The molecule has 0 radical (unpaired) electrons. The molecule has 0 aliphatic heterocycles. The van der Waals surface area contributed by atoms with Crippen LogP contribution < -0.4 is 4.74 Å². The lowest BCUT2D eigenvalue weighted by molar-refractivity contribution is 0.414. The van der Waals surface area contributed by atoms with E-state index in [-0.39, 0.29) is 5.75 Å². The van der Waals surface area contributed by atoms with Crippen molar-refractivity contribution in [2.45, 2.75) is 12.3 Å². The van der Waals surface area contributed by atoms with Crippen LogP contribution in [0, 0.1) is 0 Å². The van der Waals surface area contributed by atoms with E-state index in [1.54, 1.807) is 13.2 Å². The minimum Gasteiger partial charge on any atom is -0.508 e. The van der Waals surface area contributed by atoms with E-state index in [0.29, 0.717) is 0 Å². The quantitative estimate of drug-likeness (QED) is 0.424. The van der Waals surface area contributed by atoms with Crippen LogP contribution in [0.25, 0.3) is 10.9 Å². The number of ether oxygens (including phenoxy) is 1. The monoisotopic (exact) mass is 421 g/mol. The Morgan fingerprint density at radius 1 is 0.963 bits per heavy atom. The van der Waals surface area contributed by atoms with Crippen molar-refractivity contribution >= 4 is 26.8 Å². The summed E-state index contributed by atoms with van der Waals surface area (Å²) in [5.41, 5.74) is 3.55. The summed E-state index contributed by atoms with van der Waals surface area (Å²) in [6, 6.07) is 21.7. The van der Waals surface area contributed by atoms with Gasteiger partial charge in [0.2, 0.25) is 0 Å². The van der Waals surface area contributed by atoms with Gasteiger partial charge in [-0.2, -0.15) is 0 Å². The van der Waals surface area contributed by atoms with Gasteiger partial charge in [-0.05, 0) is 54.4 Å². The summed E-state index contributed by atoms with van der Waals surface area (Å²) in [5, 5.41) is 11.8. The fourth-order valence-corrected chi connectivity index (χ4v) is 4.14. The van der Waals surface area contributed by atoms with Crippen LogP contribution in [-0.4, -0.2) is 17.2 Å². The molecule has 0 saturated heterocycles. The summed E-state index contributed by atoms with van der Waals surface area (Å²) in [6.45, 7) is 2.15. The molecule has 4 aromatic rings. The van der Waals surface area contributed by atoms with Crippen LogP contribution in [0.1, 0.15) is 23.6 Å². The highest BCUT2D eigenvalue weighted by molar-refractivity contribution is 9.10. The van der Waals surface area contributed by atoms with Gasteiger partial charge in [-0.3, -0.25) is 0 Å². The number of methoxy groups -OCH3 is 1. The molecule has 0 spiro atoms. The molecular weight excluding hydrogens is 402 g/mol. The number of hydrogen-bond donors (Lipinski definition) is 2. The van der Waals surface area contributed by atoms with Crippen molar-refractivity contribution in [2.24, 2.45) is 0 Å². The molecule has 0 amide bonds. The van der Waals surface area contributed by atoms with E-state index in [2.05, 4.69) is 52.1 Å². The Balaban J connectivity index is 2.03. The number of aromatic amines is 1. The average Bonchev–Trinajstić information content (AvgIpc) is 3.11. The van der Waals surface area contributed by atoms with Gasteiger partial charge in [0.05, 0.1) is 7.11 Å². The summed E-state index contributed by atoms with van der Waals surface area (Å²) in [6.07, 6.45) is 2.04. The van der Waals surface area contributed by atoms with Gasteiger partial charge in [0, 0.05) is 32.6 Å². The summed E-state index contributed by atoms with van der Waals surface area (Å²) in [4.78, 5) is 3.38. The van der Waals surface area contributed by atoms with E-state index in [9.17, 15) is 5.11 Å². The fraction of sp³-hybridized carbons (Fsp3) is 0.130. The predicted octanol–water partition coefficient (Wildman–Crippen LogP) is 6.00. The molecule has 4 rings (SSSR count). The Kier molecular flexibility index (Phi) is 4.44. The number of rotatable bonds is 4. The number of phenolic OH excluding ortho intramolecular Hbond substituents is 1. The molecule has 3 aromatic carbocycles. The molecule has 0 saturated carbocycles. The summed E-state index contributed by atoms with van der Waals surface area (Å²) >= 11 is 3.58. The number of phenols is 1. The van der Waals surface area contributed by atoms with Crippen molar-refractivity contribution < 1.29 is 9.84 Å². The summed E-state index contributed by atoms with van der Waals surface area (Å²) < 4.78 is 6.34. The number of halogens is 1. The van der Waals surface area contributed by atoms with E-state index in [0.717, 1.165) is 37.8 Å². The number of nitrogens with one attached hydrogen (secondary N) is 1. The molecule has 4 heteroatoms. The van der Waals surface area contributed by atoms with E-state index in [1.165, 1.54) is 0 Å². The Morgan fingerprint density at radius 2 is 1.70 bits per heavy atom. The van der Waals surface area contributed by atoms with Crippen molar-refractivity contribution in [1.29, 1.82) is 0 Å². The first-order chi connectivity index (χ1) is 13.0. The van der Waals surface area contributed by atoms with Gasteiger partial charge in [0.15, 0.2) is 0 Å². The smallest absolute Gasteiger partial charge is 0.120 e. The second-order valence-corrected chi connectivity index (χ2v) is 7.68. The van der Waals surface area contributed by atoms with Crippen LogP contribution >= 0.6 is 15.9 Å². The van der Waals surface area contributed by atoms with E-state index in [1.807, 2.05) is 42.6 Å². The van der Waals surface area contributed by atoms with Crippen molar-refractivity contribution in [2.75, 3.05) is 7.11 Å². The number of benzene rings is 3. The van der Waals surface area contributed by atoms with Gasteiger partial charge in [0.1, 0.15) is 11.5 Å². The zero-order chi connectivity index (χ0) is 19.0. The van der Waals surface area contributed by atoms with Gasteiger partial charge in [-0.25, -0.2) is 0 Å². The topological polar surface area (TPSA) is 45.2 Å². The molecule has 0 fully saturated rings. The van der Waals surface area contributed by atoms with Gasteiger partial charge in [-0.1, -0.05) is 46.3 Å². The molecule has 1 atom stereocenters. The molecule has 27 heavy (non-hydrogen) atoms. The van der Waals surface area contributed by atoms with Crippen LogP contribution in [0.4, 0.5) is 0 Å². The minimum absolute atomic E-state index is 0.278. The molecule has 1 aromatic heterocycles. The first-order valence-corrected chi connectivity index (χ1v) is 9.53. The molecule has 0 aliphatic rings. The predicted molar refractivity (Wildman–Crippen MR) is 113 cm³/mol. The molecule has 0 aliphatic carbocycles. The zero-order valence-corrected chi connectivity index (χ0v) is 16.7. The maximum Gasteiger partial charge on any atom is 0.120 e. The lowest BCUT2D eigenvalue weighted by Gasteiger charge is -2.32. The lowest BCUT2D eigenvalue weighted by atomic mass is 9.70. The van der Waals surface area contributed by atoms with Crippen LogP contribution in [0.5, 0.6) is 11.5 Å². The summed E-state index contributed by atoms with van der Waals surface area (Å²) in [7, 11) is 1.66. The molecule has 2 N–H and O–H groups in total. The normalized spacial score (nSPS) is 13.4. The maximum absolute atomic E-state index is 10.7. The third kappa shape index (κ3) is 2.90. The van der Waals surface area contributed by atoms with E-state index < -0.39 is 5.41 Å². The molecule has 0 bridgehead atoms. The number of aromatic nitrogens is 1. The third-order valence-electron chi connectivity index (χ3n) is 5.29. The van der Waals surface area contributed by atoms with Gasteiger partial charge >= 0.3 is 0 Å². The largest absolute Gasteiger partial charge is 0.508 e. The molecule has 136 valence electrons. The van der Waals surface area contributed by atoms with Gasteiger partial charge in [-0.15, -0.1) is 0 Å². The van der Waals surface area contributed by atoms with E-state index >= 15 is 0 Å². The first kappa shape index (κ1) is 17.7. The van der Waals surface area contributed by atoms with Crippen molar-refractivity contribution in [1.82, 2.24) is 4.98 Å². The van der Waals surface area contributed by atoms with Crippen LogP contribution in [0.3, 0.4) is 0 Å². The van der Waals surface area contributed by atoms with E-state index in [4.69, 9.17) is 4.74 Å². The second kappa shape index (κ2) is 6.78.